The average molecular weight is 263 g/mol. The third-order valence-electron chi connectivity index (χ3n) is 2.25. The number of ether oxygens (including phenoxy) is 1. The standard InChI is InChI=1S/C12H24O4P/c1-3-5-7-8-10-16-17(14)11-12(13)15-9-6-4-2/h3-11H2,1-2H3/q+1. The number of rotatable bonds is 11. The largest absolute Gasteiger partial charge is 0.520 e. The highest BCUT2D eigenvalue weighted by molar-refractivity contribution is 7.40. The fraction of sp³-hybridized carbons (Fsp3) is 0.917. The van der Waals surface area contributed by atoms with E-state index < -0.39 is 14.0 Å². The van der Waals surface area contributed by atoms with Gasteiger partial charge in [0.05, 0.1) is 6.61 Å². The van der Waals surface area contributed by atoms with Crippen molar-refractivity contribution < 1.29 is 18.6 Å². The SMILES string of the molecule is CCCCCCO[P+](=O)CC(=O)OCCCC. The van der Waals surface area contributed by atoms with E-state index in [1.165, 1.54) is 6.42 Å². The fourth-order valence-corrected chi connectivity index (χ4v) is 1.95. The molecule has 0 amide bonds. The molecule has 0 saturated heterocycles. The number of unbranched alkanes of at least 4 members (excludes halogenated alkanes) is 4. The molecule has 100 valence electrons. The van der Waals surface area contributed by atoms with E-state index in [0.717, 1.165) is 32.1 Å². The molecule has 17 heavy (non-hydrogen) atoms. The molecule has 0 N–H and O–H groups in total. The molecule has 0 aromatic carbocycles. The van der Waals surface area contributed by atoms with E-state index >= 15 is 0 Å². The Morgan fingerprint density at radius 1 is 1.00 bits per heavy atom. The molecule has 1 atom stereocenters. The zero-order valence-corrected chi connectivity index (χ0v) is 11.8. The summed E-state index contributed by atoms with van der Waals surface area (Å²) in [6, 6.07) is 0. The van der Waals surface area contributed by atoms with Gasteiger partial charge in [-0.15, -0.1) is 4.52 Å². The second kappa shape index (κ2) is 12.0. The molecule has 0 radical (unpaired) electrons. The summed E-state index contributed by atoms with van der Waals surface area (Å²) in [5.41, 5.74) is 0. The minimum Gasteiger partial charge on any atom is -0.462 e. The second-order valence-corrected chi connectivity index (χ2v) is 5.20. The van der Waals surface area contributed by atoms with E-state index in [1.807, 2.05) is 6.92 Å². The normalized spacial score (nSPS) is 11.3. The van der Waals surface area contributed by atoms with Crippen LogP contribution < -0.4 is 0 Å². The Morgan fingerprint density at radius 3 is 2.35 bits per heavy atom. The van der Waals surface area contributed by atoms with Crippen molar-refractivity contribution in [3.63, 3.8) is 0 Å². The van der Waals surface area contributed by atoms with Crippen LogP contribution in [0.15, 0.2) is 0 Å². The molecule has 0 aliphatic rings. The summed E-state index contributed by atoms with van der Waals surface area (Å²) in [6.45, 7) is 5.04. The van der Waals surface area contributed by atoms with Gasteiger partial charge < -0.3 is 4.74 Å². The Labute approximate surface area is 105 Å². The van der Waals surface area contributed by atoms with Gasteiger partial charge in [0.25, 0.3) is 6.16 Å². The fourth-order valence-electron chi connectivity index (χ4n) is 1.22. The van der Waals surface area contributed by atoms with Gasteiger partial charge in [-0.2, -0.15) is 0 Å². The summed E-state index contributed by atoms with van der Waals surface area (Å²) < 4.78 is 21.3. The molecule has 0 bridgehead atoms. The molecule has 0 fully saturated rings. The number of carbonyl (C=O) groups is 1. The first kappa shape index (κ1) is 16.5. The van der Waals surface area contributed by atoms with Gasteiger partial charge in [-0.1, -0.05) is 39.5 Å². The van der Waals surface area contributed by atoms with E-state index in [-0.39, 0.29) is 6.16 Å². The summed E-state index contributed by atoms with van der Waals surface area (Å²) in [6.07, 6.45) is 6.02. The highest BCUT2D eigenvalue weighted by Crippen LogP contribution is 2.22. The van der Waals surface area contributed by atoms with Crippen molar-refractivity contribution >= 4 is 14.0 Å². The topological polar surface area (TPSA) is 52.6 Å². The van der Waals surface area contributed by atoms with Crippen LogP contribution in [-0.2, 0) is 18.6 Å². The number of esters is 1. The van der Waals surface area contributed by atoms with Crippen LogP contribution in [0.3, 0.4) is 0 Å². The van der Waals surface area contributed by atoms with Gasteiger partial charge >= 0.3 is 14.0 Å². The Bertz CT molecular complexity index is 219. The molecule has 4 nitrogen and oxygen atoms in total. The van der Waals surface area contributed by atoms with Crippen LogP contribution in [0.1, 0.15) is 52.4 Å². The zero-order valence-electron chi connectivity index (χ0n) is 10.9. The number of hydrogen-bond donors (Lipinski definition) is 0. The Kier molecular flexibility index (Phi) is 11.7. The van der Waals surface area contributed by atoms with Gasteiger partial charge in [-0.3, -0.25) is 0 Å². The van der Waals surface area contributed by atoms with E-state index in [9.17, 15) is 9.36 Å². The van der Waals surface area contributed by atoms with E-state index in [1.54, 1.807) is 0 Å². The van der Waals surface area contributed by atoms with Gasteiger partial charge in [0.1, 0.15) is 6.61 Å². The minimum absolute atomic E-state index is 0.118. The molecular weight excluding hydrogens is 239 g/mol. The first-order valence-electron chi connectivity index (χ1n) is 6.43. The molecule has 1 unspecified atom stereocenters. The third-order valence-corrected chi connectivity index (χ3v) is 3.24. The maximum atomic E-state index is 11.3. The Balaban J connectivity index is 3.41. The lowest BCUT2D eigenvalue weighted by Gasteiger charge is -1.98. The lowest BCUT2D eigenvalue weighted by molar-refractivity contribution is -0.140. The monoisotopic (exact) mass is 263 g/mol. The number of carbonyl (C=O) groups excluding carboxylic acids is 1. The summed E-state index contributed by atoms with van der Waals surface area (Å²) in [5.74, 6) is -0.423. The van der Waals surface area contributed by atoms with Gasteiger partial charge in [-0.25, -0.2) is 4.79 Å². The minimum atomic E-state index is -1.89. The van der Waals surface area contributed by atoms with Crippen molar-refractivity contribution in [2.75, 3.05) is 19.4 Å². The lowest BCUT2D eigenvalue weighted by Crippen LogP contribution is -2.08. The Morgan fingerprint density at radius 2 is 1.71 bits per heavy atom. The van der Waals surface area contributed by atoms with Crippen LogP contribution in [0.4, 0.5) is 0 Å². The van der Waals surface area contributed by atoms with Gasteiger partial charge in [0.15, 0.2) is 0 Å². The predicted octanol–water partition coefficient (Wildman–Crippen LogP) is 3.67. The van der Waals surface area contributed by atoms with Gasteiger partial charge in [0.2, 0.25) is 0 Å². The molecule has 0 spiro atoms. The third kappa shape index (κ3) is 11.8. The van der Waals surface area contributed by atoms with Crippen LogP contribution in [-0.4, -0.2) is 25.3 Å². The molecular formula is C12H24O4P+. The molecule has 0 rings (SSSR count). The first-order valence-corrected chi connectivity index (χ1v) is 7.80. The highest BCUT2D eigenvalue weighted by Gasteiger charge is 2.23. The average Bonchev–Trinajstić information content (AvgIpc) is 2.29. The van der Waals surface area contributed by atoms with E-state index in [2.05, 4.69) is 6.92 Å². The van der Waals surface area contributed by atoms with Crippen LogP contribution >= 0.6 is 8.03 Å². The number of hydrogen-bond acceptors (Lipinski definition) is 4. The molecule has 0 aliphatic heterocycles. The van der Waals surface area contributed by atoms with Crippen molar-refractivity contribution in [3.05, 3.63) is 0 Å². The predicted molar refractivity (Wildman–Crippen MR) is 68.4 cm³/mol. The van der Waals surface area contributed by atoms with Crippen LogP contribution in [0.5, 0.6) is 0 Å². The van der Waals surface area contributed by atoms with Crippen molar-refractivity contribution in [2.24, 2.45) is 0 Å². The van der Waals surface area contributed by atoms with Crippen LogP contribution in [0.2, 0.25) is 0 Å². The summed E-state index contributed by atoms with van der Waals surface area (Å²) in [5, 5.41) is 0. The first-order chi connectivity index (χ1) is 8.20. The molecule has 0 saturated carbocycles. The van der Waals surface area contributed by atoms with Crippen molar-refractivity contribution in [2.45, 2.75) is 52.4 Å². The van der Waals surface area contributed by atoms with Gasteiger partial charge in [0, 0.05) is 0 Å². The second-order valence-electron chi connectivity index (χ2n) is 3.96. The molecule has 0 aliphatic carbocycles. The molecule has 0 aromatic heterocycles. The summed E-state index contributed by atoms with van der Waals surface area (Å²) in [4.78, 5) is 11.2. The quantitative estimate of drug-likeness (QED) is 0.324. The van der Waals surface area contributed by atoms with Crippen LogP contribution in [0.25, 0.3) is 0 Å². The van der Waals surface area contributed by atoms with E-state index in [4.69, 9.17) is 9.26 Å². The highest BCUT2D eigenvalue weighted by atomic mass is 31.1. The maximum Gasteiger partial charge on any atom is 0.520 e. The Hall–Kier alpha value is -0.470. The molecule has 5 heteroatoms. The molecule has 0 aromatic rings. The van der Waals surface area contributed by atoms with Crippen LogP contribution in [0, 0.1) is 0 Å². The molecule has 0 heterocycles. The maximum absolute atomic E-state index is 11.3. The summed E-state index contributed by atoms with van der Waals surface area (Å²) in [7, 11) is -1.89. The van der Waals surface area contributed by atoms with Crippen molar-refractivity contribution in [3.8, 4) is 0 Å². The smallest absolute Gasteiger partial charge is 0.462 e. The van der Waals surface area contributed by atoms with Gasteiger partial charge in [-0.05, 0) is 17.4 Å². The zero-order chi connectivity index (χ0) is 12.9. The van der Waals surface area contributed by atoms with E-state index in [0.29, 0.717) is 13.2 Å². The van der Waals surface area contributed by atoms with Crippen molar-refractivity contribution in [1.29, 1.82) is 0 Å². The summed E-state index contributed by atoms with van der Waals surface area (Å²) >= 11 is 0. The van der Waals surface area contributed by atoms with Crippen molar-refractivity contribution in [1.82, 2.24) is 0 Å². The lowest BCUT2D eigenvalue weighted by atomic mass is 10.2.